The molecule has 4 rings (SSSR count). The smallest absolute Gasteiger partial charge is 0.270 e. The number of fused-ring (bicyclic) bond motifs is 1. The normalized spacial score (nSPS) is 13.9. The monoisotopic (exact) mass is 498 g/mol. The van der Waals surface area contributed by atoms with Gasteiger partial charge in [0.1, 0.15) is 0 Å². The molecule has 0 unspecified atom stereocenters. The van der Waals surface area contributed by atoms with Gasteiger partial charge in [0.15, 0.2) is 0 Å². The van der Waals surface area contributed by atoms with Crippen molar-refractivity contribution in [2.75, 3.05) is 23.7 Å². The molecule has 0 aromatic heterocycles. The van der Waals surface area contributed by atoms with Gasteiger partial charge >= 0.3 is 0 Å². The van der Waals surface area contributed by atoms with Crippen molar-refractivity contribution >= 4 is 34.2 Å². The number of nitro groups is 1. The number of rotatable bonds is 12. The zero-order valence-corrected chi connectivity index (χ0v) is 21.5. The minimum absolute atomic E-state index is 0.0554. The van der Waals surface area contributed by atoms with Crippen LogP contribution in [0, 0.1) is 10.1 Å². The number of nitrogens with zero attached hydrogens (tertiary/aromatic N) is 2. The van der Waals surface area contributed by atoms with Crippen LogP contribution in [0.15, 0.2) is 72.8 Å². The van der Waals surface area contributed by atoms with Crippen molar-refractivity contribution < 1.29 is 9.72 Å². The van der Waals surface area contributed by atoms with E-state index >= 15 is 0 Å². The van der Waals surface area contributed by atoms with E-state index in [0.29, 0.717) is 22.5 Å². The summed E-state index contributed by atoms with van der Waals surface area (Å²) in [6.07, 6.45) is 4.75. The van der Waals surface area contributed by atoms with Crippen LogP contribution in [0.25, 0.3) is 11.3 Å². The lowest BCUT2D eigenvalue weighted by atomic mass is 9.99. The molecule has 0 radical (unpaired) electrons. The second-order valence-electron chi connectivity index (χ2n) is 9.36. The minimum Gasteiger partial charge on any atom is -0.354 e. The Balaban J connectivity index is 1.65. The highest BCUT2D eigenvalue weighted by Crippen LogP contribution is 2.39. The third-order valence-corrected chi connectivity index (χ3v) is 6.56. The summed E-state index contributed by atoms with van der Waals surface area (Å²) < 4.78 is 0. The van der Waals surface area contributed by atoms with Gasteiger partial charge in [-0.05, 0) is 55.3 Å². The Morgan fingerprint density at radius 3 is 2.24 bits per heavy atom. The molecule has 0 bridgehead atoms. The summed E-state index contributed by atoms with van der Waals surface area (Å²) in [5, 5.41) is 17.7. The van der Waals surface area contributed by atoms with E-state index in [1.54, 1.807) is 6.07 Å². The quantitative estimate of drug-likeness (QED) is 0.161. The van der Waals surface area contributed by atoms with E-state index in [-0.39, 0.29) is 11.6 Å². The van der Waals surface area contributed by atoms with Crippen LogP contribution in [0.5, 0.6) is 0 Å². The van der Waals surface area contributed by atoms with E-state index in [9.17, 15) is 14.9 Å². The van der Waals surface area contributed by atoms with Crippen LogP contribution in [0.1, 0.15) is 56.2 Å². The maximum atomic E-state index is 13.1. The third kappa shape index (κ3) is 6.43. The maximum Gasteiger partial charge on any atom is 0.270 e. The summed E-state index contributed by atoms with van der Waals surface area (Å²) >= 11 is 0. The van der Waals surface area contributed by atoms with Gasteiger partial charge in [-0.2, -0.15) is 0 Å². The highest BCUT2D eigenvalue weighted by atomic mass is 16.6. The molecule has 0 saturated carbocycles. The standard InChI is InChI=1S/C30H34N4O3/c1-3-5-18-33(19-6-4-2)21-22-12-14-24(15-13-22)31-29(23-10-8-7-9-11-23)28-26-20-25(34(36)37)16-17-27(26)32-30(28)35/h7-17,20,31H,3-6,18-19,21H2,1-2H3,(H,32,35)/b29-28-. The molecule has 0 saturated heterocycles. The van der Waals surface area contributed by atoms with Crippen LogP contribution in [0.2, 0.25) is 0 Å². The molecule has 0 fully saturated rings. The summed E-state index contributed by atoms with van der Waals surface area (Å²) in [6.45, 7) is 7.55. The Kier molecular flexibility index (Phi) is 8.69. The number of hydrogen-bond donors (Lipinski definition) is 2. The predicted octanol–water partition coefficient (Wildman–Crippen LogP) is 6.93. The molecule has 1 aliphatic rings. The Morgan fingerprint density at radius 1 is 0.946 bits per heavy atom. The molecule has 3 aromatic carbocycles. The first-order chi connectivity index (χ1) is 18.0. The van der Waals surface area contributed by atoms with Gasteiger partial charge in [-0.25, -0.2) is 0 Å². The average Bonchev–Trinajstić information content (AvgIpc) is 3.24. The lowest BCUT2D eigenvalue weighted by molar-refractivity contribution is -0.384. The van der Waals surface area contributed by atoms with E-state index in [1.807, 2.05) is 42.5 Å². The van der Waals surface area contributed by atoms with Crippen molar-refractivity contribution in [2.45, 2.75) is 46.1 Å². The number of amides is 1. The summed E-state index contributed by atoms with van der Waals surface area (Å²) in [7, 11) is 0. The summed E-state index contributed by atoms with van der Waals surface area (Å²) in [4.78, 5) is 26.6. The number of carbonyl (C=O) groups excluding carboxylic acids is 1. The van der Waals surface area contributed by atoms with E-state index in [1.165, 1.54) is 43.4 Å². The number of nitrogens with one attached hydrogen (secondary N) is 2. The molecule has 2 N–H and O–H groups in total. The Bertz CT molecular complexity index is 1260. The van der Waals surface area contributed by atoms with Gasteiger partial charge in [0.05, 0.1) is 16.2 Å². The van der Waals surface area contributed by atoms with Gasteiger partial charge in [0.2, 0.25) is 0 Å². The number of nitro benzene ring substituents is 1. The van der Waals surface area contributed by atoms with E-state index < -0.39 is 4.92 Å². The SMILES string of the molecule is CCCCN(CCCC)Cc1ccc(N/C(=C2\C(=O)Nc3ccc([N+](=O)[O-])cc32)c2ccccc2)cc1. The van der Waals surface area contributed by atoms with Crippen molar-refractivity contribution in [3.05, 3.63) is 99.6 Å². The maximum absolute atomic E-state index is 13.1. The van der Waals surface area contributed by atoms with Gasteiger partial charge in [0, 0.05) is 35.6 Å². The van der Waals surface area contributed by atoms with Gasteiger partial charge < -0.3 is 10.6 Å². The first kappa shape index (κ1) is 26.1. The van der Waals surface area contributed by atoms with E-state index in [0.717, 1.165) is 30.9 Å². The fraction of sp³-hybridized carbons (Fsp3) is 0.300. The summed E-state index contributed by atoms with van der Waals surface area (Å²) in [5.41, 5.74) is 4.93. The topological polar surface area (TPSA) is 87.5 Å². The number of anilines is 2. The highest BCUT2D eigenvalue weighted by Gasteiger charge is 2.30. The lowest BCUT2D eigenvalue weighted by Gasteiger charge is -2.22. The predicted molar refractivity (Wildman–Crippen MR) is 150 cm³/mol. The van der Waals surface area contributed by atoms with Crippen molar-refractivity contribution in [1.82, 2.24) is 4.90 Å². The molecule has 0 spiro atoms. The minimum atomic E-state index is -0.445. The van der Waals surface area contributed by atoms with Crippen molar-refractivity contribution in [1.29, 1.82) is 0 Å². The molecule has 37 heavy (non-hydrogen) atoms. The fourth-order valence-corrected chi connectivity index (χ4v) is 4.53. The molecular weight excluding hydrogens is 464 g/mol. The summed E-state index contributed by atoms with van der Waals surface area (Å²) in [6, 6.07) is 22.3. The Labute approximate surface area is 218 Å². The largest absolute Gasteiger partial charge is 0.354 e. The number of carbonyl (C=O) groups is 1. The zero-order valence-electron chi connectivity index (χ0n) is 21.5. The zero-order chi connectivity index (χ0) is 26.2. The van der Waals surface area contributed by atoms with E-state index in [2.05, 4.69) is 41.5 Å². The van der Waals surface area contributed by atoms with Gasteiger partial charge in [-0.1, -0.05) is 69.2 Å². The van der Waals surface area contributed by atoms with Crippen molar-refractivity contribution in [2.24, 2.45) is 0 Å². The first-order valence-electron chi connectivity index (χ1n) is 13.0. The lowest BCUT2D eigenvalue weighted by Crippen LogP contribution is -2.25. The van der Waals surface area contributed by atoms with Crippen LogP contribution in [-0.2, 0) is 11.3 Å². The molecule has 192 valence electrons. The van der Waals surface area contributed by atoms with Crippen LogP contribution in [-0.4, -0.2) is 28.8 Å². The molecule has 0 aliphatic carbocycles. The molecule has 1 amide bonds. The number of non-ortho nitro benzene ring substituents is 1. The molecule has 1 heterocycles. The van der Waals surface area contributed by atoms with Gasteiger partial charge in [-0.15, -0.1) is 0 Å². The average molecular weight is 499 g/mol. The van der Waals surface area contributed by atoms with Crippen molar-refractivity contribution in [3.63, 3.8) is 0 Å². The molecule has 3 aromatic rings. The fourth-order valence-electron chi connectivity index (χ4n) is 4.53. The Morgan fingerprint density at radius 2 is 1.62 bits per heavy atom. The van der Waals surface area contributed by atoms with Crippen LogP contribution in [0.3, 0.4) is 0 Å². The molecule has 7 heteroatoms. The number of unbranched alkanes of at least 4 members (excludes halogenated alkanes) is 2. The van der Waals surface area contributed by atoms with E-state index in [4.69, 9.17) is 0 Å². The first-order valence-corrected chi connectivity index (χ1v) is 13.0. The van der Waals surface area contributed by atoms with Crippen LogP contribution >= 0.6 is 0 Å². The molecule has 7 nitrogen and oxygen atoms in total. The number of hydrogen-bond acceptors (Lipinski definition) is 5. The molecule has 0 atom stereocenters. The van der Waals surface area contributed by atoms with Crippen LogP contribution < -0.4 is 10.6 Å². The molecule has 1 aliphatic heterocycles. The summed E-state index contributed by atoms with van der Waals surface area (Å²) in [5.74, 6) is -0.291. The second-order valence-corrected chi connectivity index (χ2v) is 9.36. The van der Waals surface area contributed by atoms with Gasteiger partial charge in [0.25, 0.3) is 11.6 Å². The highest BCUT2D eigenvalue weighted by molar-refractivity contribution is 6.37. The van der Waals surface area contributed by atoms with Gasteiger partial charge in [-0.3, -0.25) is 19.8 Å². The van der Waals surface area contributed by atoms with Crippen molar-refractivity contribution in [3.8, 4) is 0 Å². The molecular formula is C30H34N4O3. The van der Waals surface area contributed by atoms with Crippen LogP contribution in [0.4, 0.5) is 17.1 Å². The third-order valence-electron chi connectivity index (χ3n) is 6.56. The Hall–Kier alpha value is -3.97. The number of benzene rings is 3. The second kappa shape index (κ2) is 12.3.